The molecule has 736 valence electrons. The van der Waals surface area contributed by atoms with Crippen molar-refractivity contribution in [1.82, 2.24) is 31.9 Å². The fraction of sp³-hybridized carbons (Fsp3) is 0.238. The summed E-state index contributed by atoms with van der Waals surface area (Å²) in [6.07, 6.45) is 1.59. The lowest BCUT2D eigenvalue weighted by Gasteiger charge is -2.21. The maximum Gasteiger partial charge on any atom is 0.345 e. The van der Waals surface area contributed by atoms with Crippen molar-refractivity contribution >= 4 is 127 Å². The van der Waals surface area contributed by atoms with Gasteiger partial charge in [0.05, 0.1) is 33.5 Å². The number of hydrogen-bond acceptors (Lipinski definition) is 18. The minimum absolute atomic E-state index is 0.0189. The van der Waals surface area contributed by atoms with E-state index in [0.29, 0.717) is 86.1 Å². The monoisotopic (exact) mass is 2100 g/mol. The largest absolute Gasteiger partial charge is 0.489 e. The van der Waals surface area contributed by atoms with Gasteiger partial charge in [-0.05, 0) is 228 Å². The lowest BCUT2D eigenvalue weighted by molar-refractivity contribution is 0.204. The average Bonchev–Trinajstić information content (AvgIpc) is 0.813. The van der Waals surface area contributed by atoms with Crippen LogP contribution in [-0.2, 0) is 39.6 Å². The van der Waals surface area contributed by atoms with E-state index in [1.54, 1.807) is 54.6 Å². The molecule has 12 N–H and O–H groups in total. The Hall–Kier alpha value is -14.0. The minimum Gasteiger partial charge on any atom is -0.489 e. The normalized spacial score (nSPS) is 10.3. The summed E-state index contributed by atoms with van der Waals surface area (Å²) < 4.78 is 50.3. The van der Waals surface area contributed by atoms with Crippen LogP contribution in [0.2, 0.25) is 5.02 Å². The van der Waals surface area contributed by atoms with Crippen molar-refractivity contribution < 1.29 is 92.8 Å². The molecule has 0 atom stereocenters. The molecule has 0 bridgehead atoms. The van der Waals surface area contributed by atoms with Crippen molar-refractivity contribution in [2.75, 3.05) is 72.7 Å². The highest BCUT2D eigenvalue weighted by Crippen LogP contribution is 2.37. The van der Waals surface area contributed by atoms with Gasteiger partial charge in [0.15, 0.2) is 0 Å². The van der Waals surface area contributed by atoms with Gasteiger partial charge >= 0.3 is 36.2 Å². The summed E-state index contributed by atoms with van der Waals surface area (Å²) in [5.41, 5.74) is 19.8. The Balaban J connectivity index is 0.000000227. The number of hydrogen-bond donors (Lipinski definition) is 12. The summed E-state index contributed by atoms with van der Waals surface area (Å²) in [4.78, 5) is 70.1. The van der Waals surface area contributed by atoms with Crippen molar-refractivity contribution in [2.24, 2.45) is 0 Å². The molecule has 139 heavy (non-hydrogen) atoms. The van der Waals surface area contributed by atoms with Crippen LogP contribution < -0.4 is 90.7 Å². The highest BCUT2D eigenvalue weighted by Gasteiger charge is 2.27. The molecule has 0 saturated heterocycles. The first kappa shape index (κ1) is 112. The molecule has 0 aliphatic heterocycles. The number of nitrogens with zero attached hydrogens (tertiary/aromatic N) is 6. The number of carbonyl (C=O) groups excluding carboxylic acids is 6. The third-order valence-electron chi connectivity index (χ3n) is 21.0. The van der Waals surface area contributed by atoms with Crippen molar-refractivity contribution in [2.45, 2.75) is 130 Å². The molecule has 12 aromatic rings. The number of para-hydroxylation sites is 6. The molecule has 0 spiro atoms. The number of halogens is 4. The second kappa shape index (κ2) is 54.8. The highest BCUT2D eigenvalue weighted by atomic mass is 127. The topological polar surface area (TPSA) is 371 Å². The Bertz CT molecular complexity index is 5570. The maximum absolute atomic E-state index is 14.0. The predicted octanol–water partition coefficient (Wildman–Crippen LogP) is 23.6. The van der Waals surface area contributed by atoms with E-state index in [4.69, 9.17) is 40.0 Å². The standard InChI is InChI=1S/C19H22N2O3.C18H22N2O3.C17H19BrN2O3.C17H19ClN2O3.C17H19FN2O3.C17H19IN2O3/c1-5-15-7-6-8-16(18(15)21(23)19(22)20-4)12-24-17-10-9-13(2)11-14(17)3;1-12-8-9-16(14(3)10-12)23-11-15-7-5-6-13(2)17(15)20(22)18(21)19-4;4*1-11-7-8-15(12(2)9-11)23-10-13-5-4-6-14(18)16(13)20(22)17(21)19-3/h5-11,23H,1,12H2,2-4H3,(H,20,22);5-10,22H,11H2,1-4H3,(H,19,21);4*4-9,22H,10H2,1-3H3,(H,19,21). The number of ether oxygens (including phenoxy) is 6. The first-order chi connectivity index (χ1) is 66.1. The van der Waals surface area contributed by atoms with Crippen molar-refractivity contribution in [3.63, 3.8) is 0 Å². The first-order valence-corrected chi connectivity index (χ1v) is 45.8. The zero-order chi connectivity index (χ0) is 103. The summed E-state index contributed by atoms with van der Waals surface area (Å²) in [5.74, 6) is 3.79. The number of carbonyl (C=O) groups is 6. The third-order valence-corrected chi connectivity index (χ3v) is 22.8. The van der Waals surface area contributed by atoms with Crippen LogP contribution in [0.1, 0.15) is 111 Å². The van der Waals surface area contributed by atoms with Gasteiger partial charge in [0.1, 0.15) is 85.6 Å². The van der Waals surface area contributed by atoms with Crippen LogP contribution in [0.3, 0.4) is 0 Å². The fourth-order valence-corrected chi connectivity index (χ4v) is 15.5. The number of anilines is 6. The maximum atomic E-state index is 14.0. The molecule has 0 radical (unpaired) electrons. The third kappa shape index (κ3) is 32.0. The summed E-state index contributed by atoms with van der Waals surface area (Å²) in [6, 6.07) is 62.6. The number of hydroxylamine groups is 6. The molecule has 0 aliphatic rings. The molecule has 12 rings (SSSR count). The Kier molecular flexibility index (Phi) is 44.2. The zero-order valence-corrected chi connectivity index (χ0v) is 85.6. The van der Waals surface area contributed by atoms with Crippen LogP contribution in [0.4, 0.5) is 67.3 Å². The van der Waals surface area contributed by atoms with E-state index < -0.39 is 42.0 Å². The molecule has 34 heteroatoms. The smallest absolute Gasteiger partial charge is 0.345 e. The van der Waals surface area contributed by atoms with Gasteiger partial charge in [0.25, 0.3) is 0 Å². The van der Waals surface area contributed by atoms with Crippen molar-refractivity contribution in [3.8, 4) is 34.5 Å². The fourth-order valence-electron chi connectivity index (χ4n) is 13.9. The van der Waals surface area contributed by atoms with Crippen LogP contribution in [0.5, 0.6) is 34.5 Å². The quantitative estimate of drug-likeness (QED) is 0.0144. The van der Waals surface area contributed by atoms with Crippen LogP contribution in [0.25, 0.3) is 6.08 Å². The highest BCUT2D eigenvalue weighted by molar-refractivity contribution is 14.1. The van der Waals surface area contributed by atoms with E-state index in [1.165, 1.54) is 71.1 Å². The SMILES string of the molecule is C=Cc1cccc(COc2ccc(C)cc2C)c1N(O)C(=O)NC.CNC(=O)N(O)c1c(Br)cccc1COc1ccc(C)cc1C.CNC(=O)N(O)c1c(C)cccc1COc1ccc(C)cc1C.CNC(=O)N(O)c1c(Cl)cccc1COc1ccc(C)cc1C.CNC(=O)N(O)c1c(F)cccc1COc1ccc(C)cc1C.CNC(=O)N(O)c1c(I)cccc1COc1ccc(C)cc1C. The first-order valence-electron chi connectivity index (χ1n) is 43.5. The molecular weight excluding hydrogens is 1980 g/mol. The molecule has 0 aliphatic carbocycles. The van der Waals surface area contributed by atoms with Crippen molar-refractivity contribution in [1.29, 1.82) is 0 Å². The molecule has 12 aromatic carbocycles. The van der Waals surface area contributed by atoms with Gasteiger partial charge in [-0.25, -0.2) is 33.2 Å². The van der Waals surface area contributed by atoms with E-state index in [9.17, 15) is 64.4 Å². The molecule has 0 saturated carbocycles. The van der Waals surface area contributed by atoms with Gasteiger partial charge in [-0.3, -0.25) is 31.2 Å². The van der Waals surface area contributed by atoms with Crippen LogP contribution in [-0.4, -0.2) is 110 Å². The summed E-state index contributed by atoms with van der Waals surface area (Å²) in [6.45, 7) is 30.6. The van der Waals surface area contributed by atoms with Gasteiger partial charge < -0.3 is 60.3 Å². The van der Waals surface area contributed by atoms with E-state index >= 15 is 0 Å². The van der Waals surface area contributed by atoms with Gasteiger partial charge in [-0.1, -0.05) is 215 Å². The Labute approximate surface area is 837 Å². The summed E-state index contributed by atoms with van der Waals surface area (Å²) in [7, 11) is 8.61. The van der Waals surface area contributed by atoms with Gasteiger partial charge in [-0.15, -0.1) is 0 Å². The van der Waals surface area contributed by atoms with Crippen LogP contribution >= 0.6 is 50.1 Å². The van der Waals surface area contributed by atoms with E-state index in [2.05, 4.69) is 83.1 Å². The van der Waals surface area contributed by atoms with Gasteiger partial charge in [0, 0.05) is 89.3 Å². The van der Waals surface area contributed by atoms with E-state index in [-0.39, 0.29) is 61.1 Å². The van der Waals surface area contributed by atoms with E-state index in [1.807, 2.05) is 242 Å². The number of amides is 12. The number of aryl methyl sites for hydroxylation is 13. The molecule has 0 aromatic heterocycles. The van der Waals surface area contributed by atoms with Crippen molar-refractivity contribution in [3.05, 3.63) is 355 Å². The minimum atomic E-state index is -0.831. The number of rotatable bonds is 25. The summed E-state index contributed by atoms with van der Waals surface area (Å²) >= 11 is 11.6. The number of urea groups is 6. The van der Waals surface area contributed by atoms with Gasteiger partial charge in [0.2, 0.25) is 0 Å². The molecule has 0 fully saturated rings. The second-order valence-electron chi connectivity index (χ2n) is 31.7. The lowest BCUT2D eigenvalue weighted by atomic mass is 10.1. The lowest BCUT2D eigenvalue weighted by Crippen LogP contribution is -2.36. The van der Waals surface area contributed by atoms with Gasteiger partial charge in [-0.2, -0.15) is 30.4 Å². The molecule has 30 nitrogen and oxygen atoms in total. The van der Waals surface area contributed by atoms with E-state index in [0.717, 1.165) is 99.1 Å². The molecule has 0 unspecified atom stereocenters. The average molecular weight is 2100 g/mol. The molecule has 12 amide bonds. The molecule has 0 heterocycles. The predicted molar refractivity (Wildman–Crippen MR) is 553 cm³/mol. The zero-order valence-electron chi connectivity index (χ0n) is 81.1. The second-order valence-corrected chi connectivity index (χ2v) is 34.1. The van der Waals surface area contributed by atoms with Crippen LogP contribution in [0, 0.1) is 99.4 Å². The van der Waals surface area contributed by atoms with Crippen LogP contribution in [0.15, 0.2) is 229 Å². The Morgan fingerprint density at radius 3 is 0.878 bits per heavy atom. The summed E-state index contributed by atoms with van der Waals surface area (Å²) in [5, 5.41) is 77.9. The Morgan fingerprint density at radius 2 is 0.554 bits per heavy atom. The Morgan fingerprint density at radius 1 is 0.317 bits per heavy atom. The number of benzene rings is 12. The molecular formula is C105H120BrClFIN12O18. The number of nitrogens with one attached hydrogen (secondary N) is 6.